The van der Waals surface area contributed by atoms with Crippen LogP contribution in [0.5, 0.6) is 0 Å². The smallest absolute Gasteiger partial charge is 0.407 e. The SMILES string of the molecule is CN(C)c1ccc2c(-c3ccc(C(=O)N[C@@H](CCCCNC(=O)OC(C)(C)C)C(=O)NCCCN=[N+]=[N-])cc3C(=O)O)c3ccc(=[N+](C)C)cc-3oc2c1. The molecular weight excluding hydrogens is 692 g/mol. The molecule has 1 heterocycles. The minimum absolute atomic E-state index is 0.0583. The number of rotatable bonds is 15. The number of unbranched alkanes of at least 4 members (excludes halogenated alkanes) is 1. The van der Waals surface area contributed by atoms with E-state index in [1.807, 2.05) is 74.1 Å². The Morgan fingerprint density at radius 3 is 2.35 bits per heavy atom. The van der Waals surface area contributed by atoms with E-state index in [2.05, 4.69) is 26.0 Å². The second-order valence-corrected chi connectivity index (χ2v) is 14.2. The lowest BCUT2D eigenvalue weighted by atomic mass is 9.89. The number of hydrogen-bond donors (Lipinski definition) is 4. The number of alkyl carbamates (subject to hydrolysis) is 1. The van der Waals surface area contributed by atoms with Gasteiger partial charge in [-0.1, -0.05) is 11.2 Å². The van der Waals surface area contributed by atoms with Gasteiger partial charge in [0.05, 0.1) is 11.6 Å². The predicted molar refractivity (Wildman–Crippen MR) is 208 cm³/mol. The topological polar surface area (TPSA) is 202 Å². The highest BCUT2D eigenvalue weighted by atomic mass is 16.6. The highest BCUT2D eigenvalue weighted by Crippen LogP contribution is 2.42. The van der Waals surface area contributed by atoms with Gasteiger partial charge in [-0.15, -0.1) is 0 Å². The van der Waals surface area contributed by atoms with Crippen molar-refractivity contribution in [3.8, 4) is 22.5 Å². The van der Waals surface area contributed by atoms with Crippen LogP contribution in [-0.2, 0) is 9.53 Å². The Hall–Kier alpha value is -6.08. The van der Waals surface area contributed by atoms with E-state index in [4.69, 9.17) is 14.7 Å². The van der Waals surface area contributed by atoms with E-state index in [9.17, 15) is 24.3 Å². The summed E-state index contributed by atoms with van der Waals surface area (Å²) >= 11 is 0. The molecule has 15 heteroatoms. The van der Waals surface area contributed by atoms with Crippen LogP contribution >= 0.6 is 0 Å². The summed E-state index contributed by atoms with van der Waals surface area (Å²) in [6.45, 7) is 6.02. The molecule has 1 aliphatic heterocycles. The molecule has 2 aliphatic rings. The van der Waals surface area contributed by atoms with Crippen LogP contribution in [0.1, 0.15) is 67.2 Å². The molecule has 0 aromatic heterocycles. The van der Waals surface area contributed by atoms with E-state index in [1.54, 1.807) is 32.9 Å². The van der Waals surface area contributed by atoms with E-state index in [-0.39, 0.29) is 30.6 Å². The molecule has 2 aromatic rings. The third-order valence-corrected chi connectivity index (χ3v) is 8.51. The number of aromatic carboxylic acids is 1. The minimum Gasteiger partial charge on any atom is -0.478 e. The van der Waals surface area contributed by atoms with Gasteiger partial charge in [-0.05, 0) is 87.9 Å². The Kier molecular flexibility index (Phi) is 13.6. The zero-order chi connectivity index (χ0) is 39.6. The maximum absolute atomic E-state index is 13.7. The van der Waals surface area contributed by atoms with Crippen LogP contribution < -0.4 is 30.8 Å². The van der Waals surface area contributed by atoms with Gasteiger partial charge in [0, 0.05) is 78.5 Å². The maximum atomic E-state index is 13.7. The van der Waals surface area contributed by atoms with E-state index >= 15 is 0 Å². The fourth-order valence-corrected chi connectivity index (χ4v) is 5.81. The molecule has 4 rings (SSSR count). The van der Waals surface area contributed by atoms with Gasteiger partial charge in [0.2, 0.25) is 11.3 Å². The summed E-state index contributed by atoms with van der Waals surface area (Å²) in [4.78, 5) is 56.5. The Labute approximate surface area is 314 Å². The number of nitrogens with one attached hydrogen (secondary N) is 3. The molecule has 0 unspecified atom stereocenters. The Balaban J connectivity index is 1.66. The quantitative estimate of drug-likeness (QED) is 0.0301. The van der Waals surface area contributed by atoms with Crippen LogP contribution in [0.3, 0.4) is 0 Å². The number of azide groups is 1. The summed E-state index contributed by atoms with van der Waals surface area (Å²) < 4.78 is 13.6. The molecule has 54 heavy (non-hydrogen) atoms. The van der Waals surface area contributed by atoms with Crippen LogP contribution in [0.2, 0.25) is 0 Å². The number of fused-ring (bicyclic) bond motifs is 2. The number of carboxylic acids is 1. The van der Waals surface area contributed by atoms with E-state index < -0.39 is 35.5 Å². The molecule has 1 aliphatic carbocycles. The van der Waals surface area contributed by atoms with E-state index in [0.717, 1.165) is 11.0 Å². The van der Waals surface area contributed by atoms with Gasteiger partial charge in [-0.25, -0.2) is 14.2 Å². The average Bonchev–Trinajstić information content (AvgIpc) is 3.11. The highest BCUT2D eigenvalue weighted by molar-refractivity contribution is 6.09. The summed E-state index contributed by atoms with van der Waals surface area (Å²) in [7, 11) is 7.68. The summed E-state index contributed by atoms with van der Waals surface area (Å²) in [5.41, 5.74) is 11.1. The van der Waals surface area contributed by atoms with Gasteiger partial charge in [0.1, 0.15) is 37.1 Å². The van der Waals surface area contributed by atoms with E-state index in [1.165, 1.54) is 6.07 Å². The number of carboxylic acid groups (broad SMARTS) is 1. The number of carbonyl (C=O) groups is 4. The summed E-state index contributed by atoms with van der Waals surface area (Å²) in [6, 6.07) is 15.0. The number of carbonyl (C=O) groups excluding carboxylic acids is 3. The molecule has 1 atom stereocenters. The maximum Gasteiger partial charge on any atom is 0.407 e. The summed E-state index contributed by atoms with van der Waals surface area (Å²) in [5, 5.41) is 23.8. The first-order chi connectivity index (χ1) is 25.6. The van der Waals surface area contributed by atoms with Crippen molar-refractivity contribution in [1.29, 1.82) is 0 Å². The van der Waals surface area contributed by atoms with Crippen molar-refractivity contribution < 1.29 is 33.4 Å². The van der Waals surface area contributed by atoms with Gasteiger partial charge in [0.15, 0.2) is 0 Å². The highest BCUT2D eigenvalue weighted by Gasteiger charge is 2.26. The van der Waals surface area contributed by atoms with Crippen LogP contribution in [0.4, 0.5) is 10.5 Å². The number of ether oxygens (including phenoxy) is 1. The van der Waals surface area contributed by atoms with Crippen LogP contribution in [0, 0.1) is 0 Å². The lowest BCUT2D eigenvalue weighted by molar-refractivity contribution is -0.123. The zero-order valence-electron chi connectivity index (χ0n) is 31.9. The molecule has 0 saturated carbocycles. The van der Waals surface area contributed by atoms with Crippen LogP contribution in [-0.4, -0.2) is 88.5 Å². The average molecular weight is 742 g/mol. The molecule has 0 spiro atoms. The fourth-order valence-electron chi connectivity index (χ4n) is 5.81. The number of hydrogen-bond acceptors (Lipinski definition) is 8. The predicted octanol–water partition coefficient (Wildman–Crippen LogP) is 5.61. The zero-order valence-corrected chi connectivity index (χ0v) is 31.9. The van der Waals surface area contributed by atoms with Gasteiger partial charge < -0.3 is 35.1 Å². The molecular formula is C39H49N8O7+. The number of nitrogens with zero attached hydrogens (tertiary/aromatic N) is 5. The number of anilines is 1. The summed E-state index contributed by atoms with van der Waals surface area (Å²) in [5.74, 6) is -1.75. The van der Waals surface area contributed by atoms with Gasteiger partial charge in [-0.3, -0.25) is 9.59 Å². The van der Waals surface area contributed by atoms with Gasteiger partial charge >= 0.3 is 12.1 Å². The lowest BCUT2D eigenvalue weighted by Crippen LogP contribution is -2.47. The number of amides is 3. The molecule has 0 saturated heterocycles. The molecule has 0 bridgehead atoms. The molecule has 0 fully saturated rings. The van der Waals surface area contributed by atoms with Crippen molar-refractivity contribution in [2.45, 2.75) is 58.1 Å². The van der Waals surface area contributed by atoms with Crippen molar-refractivity contribution in [3.63, 3.8) is 0 Å². The first-order valence-corrected chi connectivity index (χ1v) is 17.7. The van der Waals surface area contributed by atoms with E-state index in [0.29, 0.717) is 59.2 Å². The van der Waals surface area contributed by atoms with Crippen molar-refractivity contribution in [1.82, 2.24) is 20.5 Å². The van der Waals surface area contributed by atoms with Crippen LogP contribution in [0.25, 0.3) is 43.9 Å². The monoisotopic (exact) mass is 741 g/mol. The van der Waals surface area contributed by atoms with Crippen molar-refractivity contribution >= 4 is 40.5 Å². The second kappa shape index (κ2) is 18.1. The fraction of sp³-hybridized carbons (Fsp3) is 0.410. The third-order valence-electron chi connectivity index (χ3n) is 8.51. The van der Waals surface area contributed by atoms with Gasteiger partial charge in [-0.2, -0.15) is 0 Å². The van der Waals surface area contributed by atoms with Crippen molar-refractivity contribution in [2.75, 3.05) is 52.7 Å². The lowest BCUT2D eigenvalue weighted by Gasteiger charge is -2.21. The molecule has 4 N–H and O–H groups in total. The summed E-state index contributed by atoms with van der Waals surface area (Å²) in [6.07, 6.45) is 1.07. The van der Waals surface area contributed by atoms with Gasteiger partial charge in [0.25, 0.3) is 5.91 Å². The van der Waals surface area contributed by atoms with Crippen LogP contribution in [0.15, 0.2) is 64.1 Å². The Morgan fingerprint density at radius 2 is 1.69 bits per heavy atom. The standard InChI is InChI=1S/C39H48N8O7/c1-39(2,3)54-38(52)42-18-9-8-11-31(36(49)41-19-10-20-43-45-40)44-35(48)24-12-15-27(30(21-24)37(50)51)34-28-16-13-25(46(4)5)22-32(28)53-33-23-26(47(6)7)14-17-29(33)34/h12-17,21-23,31H,8-11,18-20H2,1-7H3,(H3-,41,42,44,48,49,50,51,52)/p+1/t31-/m0/s1. The molecule has 0 radical (unpaired) electrons. The normalized spacial score (nSPS) is 11.7. The molecule has 286 valence electrons. The largest absolute Gasteiger partial charge is 0.478 e. The molecule has 3 amide bonds. The van der Waals surface area contributed by atoms with Crippen molar-refractivity contribution in [2.24, 2.45) is 5.11 Å². The molecule has 15 nitrogen and oxygen atoms in total. The number of benzene rings is 3. The molecule has 2 aromatic carbocycles. The third kappa shape index (κ3) is 10.7. The first-order valence-electron chi connectivity index (χ1n) is 17.7. The second-order valence-electron chi connectivity index (χ2n) is 14.2. The Morgan fingerprint density at radius 1 is 0.963 bits per heavy atom. The van der Waals surface area contributed by atoms with Crippen molar-refractivity contribution in [3.05, 3.63) is 81.5 Å². The Bertz CT molecular complexity index is 2110. The minimum atomic E-state index is -1.23. The first kappa shape index (κ1) is 40.7.